The highest BCUT2D eigenvalue weighted by molar-refractivity contribution is 7.98. The van der Waals surface area contributed by atoms with Crippen molar-refractivity contribution in [2.24, 2.45) is 0 Å². The Morgan fingerprint density at radius 1 is 0.972 bits per heavy atom. The summed E-state index contributed by atoms with van der Waals surface area (Å²) < 4.78 is 38.7. The van der Waals surface area contributed by atoms with Gasteiger partial charge in [-0.25, -0.2) is 8.42 Å². The van der Waals surface area contributed by atoms with Crippen LogP contribution in [0.4, 0.5) is 5.69 Å². The largest absolute Gasteiger partial charge is 0.497 e. The van der Waals surface area contributed by atoms with Crippen molar-refractivity contribution in [3.8, 4) is 11.5 Å². The molecule has 3 rings (SSSR count). The third-order valence-electron chi connectivity index (χ3n) is 5.26. The average Bonchev–Trinajstić information content (AvgIpc) is 2.90. The van der Waals surface area contributed by atoms with E-state index in [1.807, 2.05) is 24.3 Å². The van der Waals surface area contributed by atoms with E-state index in [1.165, 1.54) is 31.9 Å². The number of amides is 1. The van der Waals surface area contributed by atoms with Gasteiger partial charge in [-0.2, -0.15) is 11.8 Å². The predicted molar refractivity (Wildman–Crippen MR) is 146 cm³/mol. The normalized spacial score (nSPS) is 11.1. The lowest BCUT2D eigenvalue weighted by Gasteiger charge is -2.25. The number of halogens is 1. The SMILES string of the molecule is COc1ccc(S(=O)(=O)N(CC(=O)NCCCSCc2ccc(Cl)cc2)c2ccccc2OC)cc1. The number of benzene rings is 3. The van der Waals surface area contributed by atoms with E-state index >= 15 is 0 Å². The molecule has 36 heavy (non-hydrogen) atoms. The maximum atomic E-state index is 13.5. The minimum Gasteiger partial charge on any atom is -0.497 e. The van der Waals surface area contributed by atoms with E-state index in [-0.39, 0.29) is 17.1 Å². The summed E-state index contributed by atoms with van der Waals surface area (Å²) in [6.07, 6.45) is 0.754. The number of ether oxygens (including phenoxy) is 2. The van der Waals surface area contributed by atoms with Gasteiger partial charge in [0, 0.05) is 17.3 Å². The van der Waals surface area contributed by atoms with Crippen LogP contribution in [0.5, 0.6) is 11.5 Å². The number of hydrogen-bond donors (Lipinski definition) is 1. The Hall–Kier alpha value is -2.88. The monoisotopic (exact) mass is 548 g/mol. The van der Waals surface area contributed by atoms with Crippen LogP contribution >= 0.6 is 23.4 Å². The first-order valence-corrected chi connectivity index (χ1v) is 14.2. The van der Waals surface area contributed by atoms with E-state index in [0.717, 1.165) is 22.2 Å². The van der Waals surface area contributed by atoms with E-state index < -0.39 is 15.9 Å². The highest BCUT2D eigenvalue weighted by Gasteiger charge is 2.29. The summed E-state index contributed by atoms with van der Waals surface area (Å²) in [7, 11) is -1.09. The zero-order valence-corrected chi connectivity index (χ0v) is 22.5. The second-order valence-electron chi connectivity index (χ2n) is 7.74. The number of carbonyl (C=O) groups is 1. The zero-order chi connectivity index (χ0) is 26.0. The molecule has 1 N–H and O–H groups in total. The lowest BCUT2D eigenvalue weighted by molar-refractivity contribution is -0.119. The average molecular weight is 549 g/mol. The Morgan fingerprint density at radius 2 is 1.67 bits per heavy atom. The molecule has 1 amide bonds. The van der Waals surface area contributed by atoms with Crippen LogP contribution in [0, 0.1) is 0 Å². The van der Waals surface area contributed by atoms with Crippen LogP contribution in [-0.2, 0) is 20.6 Å². The summed E-state index contributed by atoms with van der Waals surface area (Å²) >= 11 is 7.67. The fourth-order valence-electron chi connectivity index (χ4n) is 3.37. The van der Waals surface area contributed by atoms with Crippen molar-refractivity contribution in [1.82, 2.24) is 5.32 Å². The van der Waals surface area contributed by atoms with Gasteiger partial charge in [0.1, 0.15) is 18.0 Å². The molecule has 0 atom stereocenters. The van der Waals surface area contributed by atoms with Crippen molar-refractivity contribution in [3.05, 3.63) is 83.4 Å². The maximum absolute atomic E-state index is 13.5. The maximum Gasteiger partial charge on any atom is 0.264 e. The molecule has 0 aliphatic rings. The number of hydrogen-bond acceptors (Lipinski definition) is 6. The van der Waals surface area contributed by atoms with E-state index in [1.54, 1.807) is 48.2 Å². The fraction of sp³-hybridized carbons (Fsp3) is 0.269. The summed E-state index contributed by atoms with van der Waals surface area (Å²) in [6.45, 7) is 0.0570. The Kier molecular flexibility index (Phi) is 10.3. The molecule has 3 aromatic rings. The number of thioether (sulfide) groups is 1. The van der Waals surface area contributed by atoms with E-state index in [4.69, 9.17) is 21.1 Å². The molecule has 0 fully saturated rings. The fourth-order valence-corrected chi connectivity index (χ4v) is 5.85. The van der Waals surface area contributed by atoms with Gasteiger partial charge in [-0.1, -0.05) is 35.9 Å². The second kappa shape index (κ2) is 13.4. The topological polar surface area (TPSA) is 84.9 Å². The molecule has 0 heterocycles. The molecule has 0 saturated carbocycles. The highest BCUT2D eigenvalue weighted by atomic mass is 35.5. The number of nitrogens with zero attached hydrogens (tertiary/aromatic N) is 1. The van der Waals surface area contributed by atoms with Crippen molar-refractivity contribution in [1.29, 1.82) is 0 Å². The minimum absolute atomic E-state index is 0.0422. The number of sulfonamides is 1. The minimum atomic E-state index is -4.06. The Labute approximate surface area is 221 Å². The Morgan fingerprint density at radius 3 is 2.33 bits per heavy atom. The second-order valence-corrected chi connectivity index (χ2v) is 11.1. The van der Waals surface area contributed by atoms with Gasteiger partial charge in [-0.15, -0.1) is 0 Å². The molecule has 192 valence electrons. The van der Waals surface area contributed by atoms with Gasteiger partial charge in [-0.05, 0) is 66.3 Å². The first-order valence-electron chi connectivity index (χ1n) is 11.2. The number of carbonyl (C=O) groups excluding carboxylic acids is 1. The van der Waals surface area contributed by atoms with Crippen LogP contribution in [0.1, 0.15) is 12.0 Å². The van der Waals surface area contributed by atoms with Crippen LogP contribution in [0.25, 0.3) is 0 Å². The quantitative estimate of drug-likeness (QED) is 0.303. The van der Waals surface area contributed by atoms with Gasteiger partial charge in [-0.3, -0.25) is 9.10 Å². The molecule has 0 aliphatic carbocycles. The van der Waals surface area contributed by atoms with Crippen molar-refractivity contribution in [2.75, 3.05) is 37.4 Å². The molecule has 0 saturated heterocycles. The number of methoxy groups -OCH3 is 2. The Balaban J connectivity index is 1.63. The van der Waals surface area contributed by atoms with Crippen LogP contribution < -0.4 is 19.1 Å². The molecule has 7 nitrogen and oxygen atoms in total. The first-order chi connectivity index (χ1) is 17.3. The standard InChI is InChI=1S/C26H29ClN2O5S2/c1-33-22-12-14-23(15-13-22)36(31,32)29(24-6-3-4-7-25(24)34-2)18-26(30)28-16-5-17-35-19-20-8-10-21(27)11-9-20/h3-4,6-15H,5,16-19H2,1-2H3,(H,28,30). The molecule has 0 unspecified atom stereocenters. The smallest absolute Gasteiger partial charge is 0.264 e. The lowest BCUT2D eigenvalue weighted by Crippen LogP contribution is -2.41. The third kappa shape index (κ3) is 7.56. The molecule has 10 heteroatoms. The van der Waals surface area contributed by atoms with Crippen molar-refractivity contribution < 1.29 is 22.7 Å². The molecule has 0 bridgehead atoms. The van der Waals surface area contributed by atoms with Crippen molar-refractivity contribution in [3.63, 3.8) is 0 Å². The van der Waals surface area contributed by atoms with E-state index in [2.05, 4.69) is 5.32 Å². The van der Waals surface area contributed by atoms with Gasteiger partial charge in [0.2, 0.25) is 5.91 Å². The van der Waals surface area contributed by atoms with Gasteiger partial charge >= 0.3 is 0 Å². The molecule has 3 aromatic carbocycles. The van der Waals surface area contributed by atoms with Crippen molar-refractivity contribution in [2.45, 2.75) is 17.1 Å². The van der Waals surface area contributed by atoms with Gasteiger partial charge in [0.15, 0.2) is 0 Å². The number of anilines is 1. The number of nitrogens with one attached hydrogen (secondary N) is 1. The predicted octanol–water partition coefficient (Wildman–Crippen LogP) is 4.99. The summed E-state index contributed by atoms with van der Waals surface area (Å²) in [4.78, 5) is 12.8. The van der Waals surface area contributed by atoms with E-state index in [0.29, 0.717) is 23.1 Å². The van der Waals surface area contributed by atoms with Crippen LogP contribution in [0.15, 0.2) is 77.7 Å². The third-order valence-corrected chi connectivity index (χ3v) is 8.40. The van der Waals surface area contributed by atoms with Gasteiger partial charge in [0.25, 0.3) is 10.0 Å². The molecule has 0 spiro atoms. The summed E-state index contributed by atoms with van der Waals surface area (Å²) in [6, 6.07) is 20.5. The molecular formula is C26H29ClN2O5S2. The van der Waals surface area contributed by atoms with Crippen molar-refractivity contribution >= 4 is 45.0 Å². The number of rotatable bonds is 13. The molecule has 0 aliphatic heterocycles. The Bertz CT molecular complexity index is 1240. The van der Waals surface area contributed by atoms with E-state index in [9.17, 15) is 13.2 Å². The van der Waals surface area contributed by atoms with Gasteiger partial charge in [0.05, 0.1) is 24.8 Å². The lowest BCUT2D eigenvalue weighted by atomic mass is 10.2. The molecular weight excluding hydrogens is 520 g/mol. The van der Waals surface area contributed by atoms with Crippen LogP contribution in [0.3, 0.4) is 0 Å². The summed E-state index contributed by atoms with van der Waals surface area (Å²) in [5.41, 5.74) is 1.47. The summed E-state index contributed by atoms with van der Waals surface area (Å²) in [5, 5.41) is 3.54. The van der Waals surface area contributed by atoms with Crippen LogP contribution in [0.2, 0.25) is 5.02 Å². The molecule has 0 aromatic heterocycles. The number of para-hydroxylation sites is 2. The zero-order valence-electron chi connectivity index (χ0n) is 20.1. The first kappa shape index (κ1) is 27.7. The van der Waals surface area contributed by atoms with Crippen LogP contribution in [-0.4, -0.2) is 47.4 Å². The summed E-state index contributed by atoms with van der Waals surface area (Å²) in [5.74, 6) is 2.18. The molecule has 0 radical (unpaired) electrons. The highest BCUT2D eigenvalue weighted by Crippen LogP contribution is 2.32. The van der Waals surface area contributed by atoms with Gasteiger partial charge < -0.3 is 14.8 Å².